The van der Waals surface area contributed by atoms with Crippen molar-refractivity contribution >= 4 is 22.6 Å². The number of alkyl halides is 1. The van der Waals surface area contributed by atoms with Gasteiger partial charge in [0.15, 0.2) is 0 Å². The summed E-state index contributed by atoms with van der Waals surface area (Å²) in [6, 6.07) is 0. The molecule has 0 aliphatic carbocycles. The van der Waals surface area contributed by atoms with Gasteiger partial charge in [0, 0.05) is 4.43 Å². The van der Waals surface area contributed by atoms with Crippen molar-refractivity contribution in [2.24, 2.45) is 5.41 Å². The molecule has 0 amide bonds. The van der Waals surface area contributed by atoms with Crippen LogP contribution in [0.2, 0.25) is 0 Å². The molecule has 0 aromatic carbocycles. The van der Waals surface area contributed by atoms with E-state index in [1.165, 1.54) is 16.4 Å². The van der Waals surface area contributed by atoms with Gasteiger partial charge < -0.3 is 0 Å². The summed E-state index contributed by atoms with van der Waals surface area (Å²) < 4.78 is 1.23. The minimum atomic E-state index is 0.484. The van der Waals surface area contributed by atoms with Crippen LogP contribution in [0.15, 0.2) is 11.6 Å². The van der Waals surface area contributed by atoms with E-state index < -0.39 is 0 Å². The predicted molar refractivity (Wildman–Crippen MR) is 56.7 cm³/mol. The van der Waals surface area contributed by atoms with Gasteiger partial charge in [-0.25, -0.2) is 0 Å². The largest absolute Gasteiger partial charge is 0.0858 e. The fourth-order valence-electron chi connectivity index (χ4n) is 0.535. The van der Waals surface area contributed by atoms with Gasteiger partial charge in [0.25, 0.3) is 0 Å². The van der Waals surface area contributed by atoms with Crippen molar-refractivity contribution in [1.29, 1.82) is 0 Å². The molecular formula is C9H17I. The Kier molecular flexibility index (Phi) is 4.57. The standard InChI is InChI=1S/C9H17I/c1-8(2)5-6-9(3,4)7-10/h5H,6-7H2,1-4H3. The monoisotopic (exact) mass is 252 g/mol. The van der Waals surface area contributed by atoms with Crippen LogP contribution in [0, 0.1) is 5.41 Å². The third-order valence-electron chi connectivity index (χ3n) is 1.42. The van der Waals surface area contributed by atoms with E-state index in [0.717, 1.165) is 0 Å². The zero-order valence-electron chi connectivity index (χ0n) is 7.37. The zero-order valence-corrected chi connectivity index (χ0v) is 9.53. The highest BCUT2D eigenvalue weighted by Crippen LogP contribution is 2.23. The van der Waals surface area contributed by atoms with Gasteiger partial charge in [-0.05, 0) is 25.7 Å². The summed E-state index contributed by atoms with van der Waals surface area (Å²) >= 11 is 2.45. The highest BCUT2D eigenvalue weighted by Gasteiger charge is 2.13. The molecule has 0 fully saturated rings. The minimum absolute atomic E-state index is 0.484. The lowest BCUT2D eigenvalue weighted by Gasteiger charge is -2.19. The first-order valence-corrected chi connectivity index (χ1v) is 5.20. The number of allylic oxidation sites excluding steroid dienone is 2. The van der Waals surface area contributed by atoms with E-state index in [0.29, 0.717) is 5.41 Å². The minimum Gasteiger partial charge on any atom is -0.0858 e. The van der Waals surface area contributed by atoms with Gasteiger partial charge in [-0.3, -0.25) is 0 Å². The molecule has 0 unspecified atom stereocenters. The molecule has 0 atom stereocenters. The molecule has 0 aromatic heterocycles. The summed E-state index contributed by atoms with van der Waals surface area (Å²) in [5.41, 5.74) is 1.91. The Hall–Kier alpha value is 0.470. The van der Waals surface area contributed by atoms with Crippen LogP contribution < -0.4 is 0 Å². The van der Waals surface area contributed by atoms with Crippen LogP contribution in [-0.2, 0) is 0 Å². The van der Waals surface area contributed by atoms with Crippen LogP contribution >= 0.6 is 22.6 Å². The van der Waals surface area contributed by atoms with Crippen LogP contribution in [-0.4, -0.2) is 4.43 Å². The van der Waals surface area contributed by atoms with Gasteiger partial charge in [-0.1, -0.05) is 48.1 Å². The molecule has 0 heterocycles. The van der Waals surface area contributed by atoms with E-state index in [9.17, 15) is 0 Å². The van der Waals surface area contributed by atoms with Gasteiger partial charge in [-0.15, -0.1) is 0 Å². The second kappa shape index (κ2) is 4.37. The predicted octanol–water partition coefficient (Wildman–Crippen LogP) is 3.80. The lowest BCUT2D eigenvalue weighted by atomic mass is 9.91. The number of hydrogen-bond donors (Lipinski definition) is 0. The summed E-state index contributed by atoms with van der Waals surface area (Å²) in [6.07, 6.45) is 3.52. The second-order valence-electron chi connectivity index (χ2n) is 3.78. The molecule has 0 N–H and O–H groups in total. The maximum absolute atomic E-state index is 2.45. The van der Waals surface area contributed by atoms with Gasteiger partial charge in [0.05, 0.1) is 0 Å². The van der Waals surface area contributed by atoms with E-state index >= 15 is 0 Å². The Bertz CT molecular complexity index is 119. The highest BCUT2D eigenvalue weighted by molar-refractivity contribution is 14.1. The molecule has 1 heteroatoms. The lowest BCUT2D eigenvalue weighted by molar-refractivity contribution is 0.438. The molecule has 0 bridgehead atoms. The Morgan fingerprint density at radius 2 is 1.90 bits per heavy atom. The smallest absolute Gasteiger partial charge is 0.00496 e. The van der Waals surface area contributed by atoms with Crippen molar-refractivity contribution in [2.45, 2.75) is 34.1 Å². The molecule has 0 nitrogen and oxygen atoms in total. The molecular weight excluding hydrogens is 235 g/mol. The first kappa shape index (κ1) is 10.5. The van der Waals surface area contributed by atoms with Crippen molar-refractivity contribution in [2.75, 3.05) is 4.43 Å². The number of rotatable bonds is 3. The first-order valence-electron chi connectivity index (χ1n) is 3.67. The third-order valence-corrected chi connectivity index (χ3v) is 3.49. The quantitative estimate of drug-likeness (QED) is 0.407. The van der Waals surface area contributed by atoms with Crippen LogP contribution in [0.4, 0.5) is 0 Å². The fraction of sp³-hybridized carbons (Fsp3) is 0.778. The summed E-state index contributed by atoms with van der Waals surface area (Å²) in [6.45, 7) is 8.92. The summed E-state index contributed by atoms with van der Waals surface area (Å²) in [5, 5.41) is 0. The third kappa shape index (κ3) is 5.27. The Morgan fingerprint density at radius 3 is 2.20 bits per heavy atom. The molecule has 10 heavy (non-hydrogen) atoms. The SMILES string of the molecule is CC(C)=CCC(C)(C)CI. The van der Waals surface area contributed by atoms with E-state index in [-0.39, 0.29) is 0 Å². The van der Waals surface area contributed by atoms with E-state index in [1.54, 1.807) is 0 Å². The Balaban J connectivity index is 3.78. The average molecular weight is 252 g/mol. The van der Waals surface area contributed by atoms with Crippen LogP contribution in [0.3, 0.4) is 0 Å². The van der Waals surface area contributed by atoms with Crippen molar-refractivity contribution < 1.29 is 0 Å². The maximum Gasteiger partial charge on any atom is 0.00496 e. The molecule has 0 aromatic rings. The number of hydrogen-bond acceptors (Lipinski definition) is 0. The molecule has 0 saturated carbocycles. The molecule has 0 radical (unpaired) electrons. The average Bonchev–Trinajstić information content (AvgIpc) is 1.85. The molecule has 0 saturated heterocycles. The molecule has 0 rings (SSSR count). The van der Waals surface area contributed by atoms with E-state index in [2.05, 4.69) is 56.4 Å². The van der Waals surface area contributed by atoms with Crippen LogP contribution in [0.1, 0.15) is 34.1 Å². The second-order valence-corrected chi connectivity index (χ2v) is 4.55. The van der Waals surface area contributed by atoms with Crippen molar-refractivity contribution in [1.82, 2.24) is 0 Å². The first-order chi connectivity index (χ1) is 4.48. The normalized spacial score (nSPS) is 11.3. The summed E-state index contributed by atoms with van der Waals surface area (Å²) in [7, 11) is 0. The van der Waals surface area contributed by atoms with Gasteiger partial charge in [0.2, 0.25) is 0 Å². The summed E-state index contributed by atoms with van der Waals surface area (Å²) in [4.78, 5) is 0. The van der Waals surface area contributed by atoms with Crippen LogP contribution in [0.25, 0.3) is 0 Å². The van der Waals surface area contributed by atoms with Crippen molar-refractivity contribution in [3.8, 4) is 0 Å². The van der Waals surface area contributed by atoms with E-state index in [4.69, 9.17) is 0 Å². The number of halogens is 1. The Labute approximate surface area is 78.2 Å². The topological polar surface area (TPSA) is 0 Å². The Morgan fingerprint density at radius 1 is 1.40 bits per heavy atom. The molecule has 60 valence electrons. The summed E-state index contributed by atoms with van der Waals surface area (Å²) in [5.74, 6) is 0. The maximum atomic E-state index is 2.45. The van der Waals surface area contributed by atoms with Crippen LogP contribution in [0.5, 0.6) is 0 Å². The van der Waals surface area contributed by atoms with Crippen molar-refractivity contribution in [3.05, 3.63) is 11.6 Å². The van der Waals surface area contributed by atoms with Crippen molar-refractivity contribution in [3.63, 3.8) is 0 Å². The molecule has 0 spiro atoms. The molecule has 0 aliphatic rings. The van der Waals surface area contributed by atoms with Gasteiger partial charge in [0.1, 0.15) is 0 Å². The fourth-order valence-corrected chi connectivity index (χ4v) is 0.846. The molecule has 0 aliphatic heterocycles. The van der Waals surface area contributed by atoms with Gasteiger partial charge >= 0.3 is 0 Å². The van der Waals surface area contributed by atoms with E-state index in [1.807, 2.05) is 0 Å². The van der Waals surface area contributed by atoms with Gasteiger partial charge in [-0.2, -0.15) is 0 Å². The highest BCUT2D eigenvalue weighted by atomic mass is 127. The zero-order chi connectivity index (χ0) is 8.20. The lowest BCUT2D eigenvalue weighted by Crippen LogP contribution is -2.11.